The summed E-state index contributed by atoms with van der Waals surface area (Å²) in [6, 6.07) is 22.3. The monoisotopic (exact) mass is 372 g/mol. The maximum atomic E-state index is 12.8. The van der Waals surface area contributed by atoms with Gasteiger partial charge in [0.05, 0.1) is 5.56 Å². The van der Waals surface area contributed by atoms with Crippen LogP contribution in [0, 0.1) is 0 Å². The molecule has 0 unspecified atom stereocenters. The molecular weight excluding hydrogens is 353 g/mol. The Hall–Kier alpha value is -2.99. The molecule has 0 saturated carbocycles. The van der Waals surface area contributed by atoms with Gasteiger partial charge >= 0.3 is 6.18 Å². The van der Waals surface area contributed by atoms with Gasteiger partial charge in [0.2, 0.25) is 0 Å². The number of hydrazine groups is 1. The van der Waals surface area contributed by atoms with E-state index in [2.05, 4.69) is 10.9 Å². The SMILES string of the molecule is FC(F)(F)c1cccc(COc2cccc(CNNc3ccccc3)c2)c1. The third-order valence-electron chi connectivity index (χ3n) is 3.86. The molecule has 0 bridgehead atoms. The number of hydrogen-bond acceptors (Lipinski definition) is 3. The zero-order valence-corrected chi connectivity index (χ0v) is 14.5. The van der Waals surface area contributed by atoms with Crippen LogP contribution >= 0.6 is 0 Å². The van der Waals surface area contributed by atoms with Crippen LogP contribution in [-0.4, -0.2) is 0 Å². The lowest BCUT2D eigenvalue weighted by molar-refractivity contribution is -0.137. The number of halogens is 3. The van der Waals surface area contributed by atoms with Crippen molar-refractivity contribution in [2.45, 2.75) is 19.3 Å². The molecule has 0 aromatic heterocycles. The van der Waals surface area contributed by atoms with Crippen LogP contribution in [0.4, 0.5) is 18.9 Å². The van der Waals surface area contributed by atoms with E-state index in [9.17, 15) is 13.2 Å². The van der Waals surface area contributed by atoms with Gasteiger partial charge in [-0.2, -0.15) is 13.2 Å². The Bertz CT molecular complexity index is 867. The van der Waals surface area contributed by atoms with Gasteiger partial charge in [-0.15, -0.1) is 0 Å². The average Bonchev–Trinajstić information content (AvgIpc) is 2.67. The van der Waals surface area contributed by atoms with E-state index in [-0.39, 0.29) is 6.61 Å². The zero-order valence-electron chi connectivity index (χ0n) is 14.5. The lowest BCUT2D eigenvalue weighted by Gasteiger charge is -2.12. The van der Waals surface area contributed by atoms with Crippen LogP contribution in [0.3, 0.4) is 0 Å². The first-order valence-electron chi connectivity index (χ1n) is 8.42. The summed E-state index contributed by atoms with van der Waals surface area (Å²) in [4.78, 5) is 0. The topological polar surface area (TPSA) is 33.3 Å². The number of alkyl halides is 3. The minimum Gasteiger partial charge on any atom is -0.489 e. The van der Waals surface area contributed by atoms with Crippen molar-refractivity contribution in [1.29, 1.82) is 0 Å². The van der Waals surface area contributed by atoms with Crippen molar-refractivity contribution in [1.82, 2.24) is 5.43 Å². The van der Waals surface area contributed by atoms with Crippen molar-refractivity contribution in [3.8, 4) is 5.75 Å². The van der Waals surface area contributed by atoms with E-state index in [1.165, 1.54) is 6.07 Å². The summed E-state index contributed by atoms with van der Waals surface area (Å²) in [5.74, 6) is 0.603. The van der Waals surface area contributed by atoms with E-state index in [0.717, 1.165) is 23.4 Å². The standard InChI is InChI=1S/C21H19F3N2O/c22-21(23,24)18-8-4-7-17(12-18)15-27-20-11-5-6-16(13-20)14-25-26-19-9-2-1-3-10-19/h1-13,25-26H,14-15H2. The molecule has 3 rings (SSSR count). The first-order valence-corrected chi connectivity index (χ1v) is 8.42. The molecule has 0 atom stereocenters. The number of rotatable bonds is 7. The van der Waals surface area contributed by atoms with Crippen LogP contribution in [0.15, 0.2) is 78.9 Å². The Morgan fingerprint density at radius 2 is 1.52 bits per heavy atom. The summed E-state index contributed by atoms with van der Waals surface area (Å²) >= 11 is 0. The second-order valence-corrected chi connectivity index (χ2v) is 5.98. The van der Waals surface area contributed by atoms with Crippen molar-refractivity contribution >= 4 is 5.69 Å². The fourth-order valence-corrected chi connectivity index (χ4v) is 2.52. The summed E-state index contributed by atoms with van der Waals surface area (Å²) in [6.07, 6.45) is -4.35. The molecule has 6 heteroatoms. The molecule has 27 heavy (non-hydrogen) atoms. The van der Waals surface area contributed by atoms with E-state index in [1.807, 2.05) is 48.5 Å². The van der Waals surface area contributed by atoms with Gasteiger partial charge in [-0.1, -0.05) is 42.5 Å². The molecule has 2 N–H and O–H groups in total. The molecule has 140 valence electrons. The molecule has 3 aromatic carbocycles. The molecule has 3 aromatic rings. The molecular formula is C21H19F3N2O. The Morgan fingerprint density at radius 1 is 0.778 bits per heavy atom. The van der Waals surface area contributed by atoms with E-state index < -0.39 is 11.7 Å². The van der Waals surface area contributed by atoms with Gasteiger partial charge in [-0.25, -0.2) is 5.43 Å². The Labute approximate surface area is 155 Å². The number of hydrogen-bond donors (Lipinski definition) is 2. The van der Waals surface area contributed by atoms with Gasteiger partial charge in [-0.05, 0) is 47.5 Å². The van der Waals surface area contributed by atoms with Gasteiger partial charge < -0.3 is 10.2 Å². The third kappa shape index (κ3) is 5.76. The largest absolute Gasteiger partial charge is 0.489 e. The van der Waals surface area contributed by atoms with E-state index >= 15 is 0 Å². The highest BCUT2D eigenvalue weighted by atomic mass is 19.4. The van der Waals surface area contributed by atoms with Crippen molar-refractivity contribution < 1.29 is 17.9 Å². The summed E-state index contributed by atoms with van der Waals surface area (Å²) in [6.45, 7) is 0.638. The first-order chi connectivity index (χ1) is 13.0. The number of nitrogens with one attached hydrogen (secondary N) is 2. The quantitative estimate of drug-likeness (QED) is 0.545. The Balaban J connectivity index is 1.55. The fraction of sp³-hybridized carbons (Fsp3) is 0.143. The van der Waals surface area contributed by atoms with Crippen molar-refractivity contribution in [2.75, 3.05) is 5.43 Å². The van der Waals surface area contributed by atoms with Crippen LogP contribution in [0.25, 0.3) is 0 Å². The van der Waals surface area contributed by atoms with Crippen LogP contribution < -0.4 is 15.6 Å². The van der Waals surface area contributed by atoms with Crippen LogP contribution in [0.5, 0.6) is 5.75 Å². The molecule has 0 heterocycles. The third-order valence-corrected chi connectivity index (χ3v) is 3.86. The van der Waals surface area contributed by atoms with Gasteiger partial charge in [0.15, 0.2) is 0 Å². The number of anilines is 1. The predicted molar refractivity (Wildman–Crippen MR) is 99.1 cm³/mol. The first kappa shape index (κ1) is 18.8. The molecule has 0 fully saturated rings. The van der Waals surface area contributed by atoms with Crippen molar-refractivity contribution in [3.05, 3.63) is 95.6 Å². The van der Waals surface area contributed by atoms with E-state index in [0.29, 0.717) is 17.9 Å². The van der Waals surface area contributed by atoms with Gasteiger partial charge in [-0.3, -0.25) is 0 Å². The number of para-hydroxylation sites is 1. The van der Waals surface area contributed by atoms with Crippen LogP contribution in [0.2, 0.25) is 0 Å². The molecule has 0 aliphatic carbocycles. The van der Waals surface area contributed by atoms with Gasteiger partial charge in [0.1, 0.15) is 12.4 Å². The second-order valence-electron chi connectivity index (χ2n) is 5.98. The Morgan fingerprint density at radius 3 is 2.30 bits per heavy atom. The molecule has 0 saturated heterocycles. The summed E-state index contributed by atoms with van der Waals surface area (Å²) in [7, 11) is 0. The average molecular weight is 372 g/mol. The molecule has 0 radical (unpaired) electrons. The second kappa shape index (κ2) is 8.60. The molecule has 0 aliphatic rings. The summed E-state index contributed by atoms with van der Waals surface area (Å²) < 4.78 is 44.0. The lowest BCUT2D eigenvalue weighted by atomic mass is 10.1. The maximum absolute atomic E-state index is 12.8. The lowest BCUT2D eigenvalue weighted by Crippen LogP contribution is -2.20. The van der Waals surface area contributed by atoms with Gasteiger partial charge in [0, 0.05) is 12.2 Å². The molecule has 0 aliphatic heterocycles. The Kier molecular flexibility index (Phi) is 5.98. The maximum Gasteiger partial charge on any atom is 0.416 e. The molecule has 0 amide bonds. The van der Waals surface area contributed by atoms with Gasteiger partial charge in [0.25, 0.3) is 0 Å². The van der Waals surface area contributed by atoms with E-state index in [1.54, 1.807) is 12.1 Å². The number of benzene rings is 3. The fourth-order valence-electron chi connectivity index (χ4n) is 2.52. The summed E-state index contributed by atoms with van der Waals surface area (Å²) in [5, 5.41) is 0. The highest BCUT2D eigenvalue weighted by molar-refractivity contribution is 5.41. The van der Waals surface area contributed by atoms with Crippen LogP contribution in [-0.2, 0) is 19.3 Å². The predicted octanol–water partition coefficient (Wildman–Crippen LogP) is 5.40. The summed E-state index contributed by atoms with van der Waals surface area (Å²) in [5.41, 5.74) is 7.94. The normalized spacial score (nSPS) is 11.2. The highest BCUT2D eigenvalue weighted by Gasteiger charge is 2.30. The molecule has 3 nitrogen and oxygen atoms in total. The minimum absolute atomic E-state index is 0.0725. The van der Waals surface area contributed by atoms with Crippen LogP contribution in [0.1, 0.15) is 16.7 Å². The highest BCUT2D eigenvalue weighted by Crippen LogP contribution is 2.29. The number of ether oxygens (including phenoxy) is 1. The van der Waals surface area contributed by atoms with E-state index in [4.69, 9.17) is 4.74 Å². The minimum atomic E-state index is -4.35. The van der Waals surface area contributed by atoms with Crippen molar-refractivity contribution in [3.63, 3.8) is 0 Å². The smallest absolute Gasteiger partial charge is 0.416 e. The van der Waals surface area contributed by atoms with Crippen molar-refractivity contribution in [2.24, 2.45) is 0 Å². The zero-order chi connectivity index (χ0) is 19.1. The molecule has 0 spiro atoms.